The SMILES string of the molecule is COc1ccc(C(=O)NC(CCCl)C(C)(C)C)cc1OC. The molecule has 0 aromatic heterocycles. The molecule has 0 saturated heterocycles. The molecule has 0 heterocycles. The van der Waals surface area contributed by atoms with Crippen LogP contribution in [0.3, 0.4) is 0 Å². The Morgan fingerprint density at radius 3 is 2.33 bits per heavy atom. The van der Waals surface area contributed by atoms with Gasteiger partial charge in [-0.15, -0.1) is 11.6 Å². The maximum absolute atomic E-state index is 12.4. The molecule has 1 N–H and O–H groups in total. The summed E-state index contributed by atoms with van der Waals surface area (Å²) in [5.74, 6) is 1.51. The zero-order valence-electron chi connectivity index (χ0n) is 13.3. The Kier molecular flexibility index (Phi) is 6.34. The van der Waals surface area contributed by atoms with E-state index < -0.39 is 0 Å². The van der Waals surface area contributed by atoms with Crippen LogP contribution in [0.4, 0.5) is 0 Å². The van der Waals surface area contributed by atoms with Crippen LogP contribution in [0.2, 0.25) is 0 Å². The number of benzene rings is 1. The monoisotopic (exact) mass is 313 g/mol. The third-order valence-corrected chi connectivity index (χ3v) is 3.61. The maximum atomic E-state index is 12.4. The third-order valence-electron chi connectivity index (χ3n) is 3.39. The molecule has 0 fully saturated rings. The lowest BCUT2D eigenvalue weighted by molar-refractivity contribution is 0.0900. The minimum Gasteiger partial charge on any atom is -0.493 e. The van der Waals surface area contributed by atoms with Crippen LogP contribution < -0.4 is 14.8 Å². The molecule has 1 amide bonds. The van der Waals surface area contributed by atoms with Crippen molar-refractivity contribution in [1.29, 1.82) is 0 Å². The van der Waals surface area contributed by atoms with Crippen molar-refractivity contribution in [2.75, 3.05) is 20.1 Å². The van der Waals surface area contributed by atoms with Crippen LogP contribution in [0.5, 0.6) is 11.5 Å². The second kappa shape index (κ2) is 7.55. The lowest BCUT2D eigenvalue weighted by Crippen LogP contribution is -2.44. The number of hydrogen-bond donors (Lipinski definition) is 1. The summed E-state index contributed by atoms with van der Waals surface area (Å²) >= 11 is 5.83. The van der Waals surface area contributed by atoms with Crippen molar-refractivity contribution in [1.82, 2.24) is 5.32 Å². The smallest absolute Gasteiger partial charge is 0.251 e. The molecule has 118 valence electrons. The topological polar surface area (TPSA) is 47.6 Å². The normalized spacial score (nSPS) is 12.7. The van der Waals surface area contributed by atoms with Crippen LogP contribution >= 0.6 is 11.6 Å². The van der Waals surface area contributed by atoms with Crippen LogP contribution in [0, 0.1) is 5.41 Å². The number of methoxy groups -OCH3 is 2. The Balaban J connectivity index is 2.92. The molecule has 0 bridgehead atoms. The summed E-state index contributed by atoms with van der Waals surface area (Å²) in [6.45, 7) is 6.25. The van der Waals surface area contributed by atoms with Gasteiger partial charge >= 0.3 is 0 Å². The summed E-state index contributed by atoms with van der Waals surface area (Å²) in [6, 6.07) is 5.13. The molecule has 1 unspecified atom stereocenters. The first-order chi connectivity index (χ1) is 9.83. The first-order valence-corrected chi connectivity index (χ1v) is 7.45. The van der Waals surface area contributed by atoms with E-state index in [9.17, 15) is 4.79 Å². The molecule has 4 nitrogen and oxygen atoms in total. The zero-order chi connectivity index (χ0) is 16.0. The molecule has 0 spiro atoms. The van der Waals surface area contributed by atoms with Crippen molar-refractivity contribution < 1.29 is 14.3 Å². The third kappa shape index (κ3) is 4.81. The fourth-order valence-corrected chi connectivity index (χ4v) is 2.27. The molecule has 0 aliphatic carbocycles. The van der Waals surface area contributed by atoms with E-state index >= 15 is 0 Å². The number of rotatable bonds is 6. The van der Waals surface area contributed by atoms with Crippen LogP contribution in [0.1, 0.15) is 37.6 Å². The first-order valence-electron chi connectivity index (χ1n) is 6.92. The van der Waals surface area contributed by atoms with Gasteiger partial charge in [0.25, 0.3) is 5.91 Å². The van der Waals surface area contributed by atoms with E-state index in [1.807, 2.05) is 0 Å². The first kappa shape index (κ1) is 17.6. The van der Waals surface area contributed by atoms with Gasteiger partial charge in [0.15, 0.2) is 11.5 Å². The maximum Gasteiger partial charge on any atom is 0.251 e. The largest absolute Gasteiger partial charge is 0.493 e. The van der Waals surface area contributed by atoms with E-state index in [2.05, 4.69) is 26.1 Å². The van der Waals surface area contributed by atoms with Crippen molar-refractivity contribution in [3.05, 3.63) is 23.8 Å². The highest BCUT2D eigenvalue weighted by Gasteiger charge is 2.26. The Labute approximate surface area is 131 Å². The van der Waals surface area contributed by atoms with Crippen molar-refractivity contribution in [2.45, 2.75) is 33.2 Å². The predicted molar refractivity (Wildman–Crippen MR) is 85.6 cm³/mol. The standard InChI is InChI=1S/C16H24ClNO3/c1-16(2,3)14(8-9-17)18-15(19)11-6-7-12(20-4)13(10-11)21-5/h6-7,10,14H,8-9H2,1-5H3,(H,18,19). The van der Waals surface area contributed by atoms with Crippen LogP contribution in [0.15, 0.2) is 18.2 Å². The van der Waals surface area contributed by atoms with Gasteiger partial charge < -0.3 is 14.8 Å². The lowest BCUT2D eigenvalue weighted by Gasteiger charge is -2.31. The molecule has 0 saturated carbocycles. The minimum atomic E-state index is -0.138. The molecular formula is C16H24ClNO3. The van der Waals surface area contributed by atoms with Gasteiger partial charge in [0.2, 0.25) is 0 Å². The van der Waals surface area contributed by atoms with Crippen LogP contribution in [-0.2, 0) is 0 Å². The van der Waals surface area contributed by atoms with Crippen LogP contribution in [0.25, 0.3) is 0 Å². The van der Waals surface area contributed by atoms with E-state index in [1.165, 1.54) is 0 Å². The second-order valence-corrected chi connectivity index (χ2v) is 6.32. The number of hydrogen-bond acceptors (Lipinski definition) is 3. The number of carbonyl (C=O) groups excluding carboxylic acids is 1. The number of amides is 1. The van der Waals surface area contributed by atoms with Gasteiger partial charge in [-0.25, -0.2) is 0 Å². The van der Waals surface area contributed by atoms with E-state index in [0.717, 1.165) is 6.42 Å². The molecule has 0 radical (unpaired) electrons. The number of alkyl halides is 1. The average Bonchev–Trinajstić information content (AvgIpc) is 2.44. The summed E-state index contributed by atoms with van der Waals surface area (Å²) in [5.41, 5.74) is 0.484. The van der Waals surface area contributed by atoms with E-state index in [1.54, 1.807) is 32.4 Å². The van der Waals surface area contributed by atoms with Gasteiger partial charge in [-0.05, 0) is 30.0 Å². The number of carbonyl (C=O) groups is 1. The van der Waals surface area contributed by atoms with Crippen molar-refractivity contribution in [3.8, 4) is 11.5 Å². The second-order valence-electron chi connectivity index (χ2n) is 5.94. The van der Waals surface area contributed by atoms with E-state index in [0.29, 0.717) is 22.9 Å². The summed E-state index contributed by atoms with van der Waals surface area (Å²) in [6.07, 6.45) is 0.726. The van der Waals surface area contributed by atoms with Gasteiger partial charge in [-0.2, -0.15) is 0 Å². The Morgan fingerprint density at radius 2 is 1.86 bits per heavy atom. The Bertz CT molecular complexity index is 483. The van der Waals surface area contributed by atoms with Crippen molar-refractivity contribution in [3.63, 3.8) is 0 Å². The average molecular weight is 314 g/mol. The number of halogens is 1. The van der Waals surface area contributed by atoms with Gasteiger partial charge in [0, 0.05) is 17.5 Å². The molecule has 1 rings (SSSR count). The van der Waals surface area contributed by atoms with E-state index in [-0.39, 0.29) is 17.4 Å². The molecule has 1 aromatic carbocycles. The van der Waals surface area contributed by atoms with E-state index in [4.69, 9.17) is 21.1 Å². The highest BCUT2D eigenvalue weighted by atomic mass is 35.5. The summed E-state index contributed by atoms with van der Waals surface area (Å²) in [5, 5.41) is 3.04. The molecule has 0 aliphatic heterocycles. The number of ether oxygens (including phenoxy) is 2. The van der Waals surface area contributed by atoms with Gasteiger partial charge in [0.1, 0.15) is 0 Å². The molecule has 5 heteroatoms. The molecular weight excluding hydrogens is 290 g/mol. The minimum absolute atomic E-state index is 0.00981. The summed E-state index contributed by atoms with van der Waals surface area (Å²) in [4.78, 5) is 12.4. The summed E-state index contributed by atoms with van der Waals surface area (Å²) in [7, 11) is 3.11. The molecule has 21 heavy (non-hydrogen) atoms. The highest BCUT2D eigenvalue weighted by Crippen LogP contribution is 2.28. The molecule has 1 atom stereocenters. The number of nitrogens with one attached hydrogen (secondary N) is 1. The van der Waals surface area contributed by atoms with Gasteiger partial charge in [-0.3, -0.25) is 4.79 Å². The molecule has 1 aromatic rings. The Morgan fingerprint density at radius 1 is 1.24 bits per heavy atom. The van der Waals surface area contributed by atoms with Gasteiger partial charge in [-0.1, -0.05) is 20.8 Å². The van der Waals surface area contributed by atoms with Crippen molar-refractivity contribution in [2.24, 2.45) is 5.41 Å². The summed E-state index contributed by atoms with van der Waals surface area (Å²) < 4.78 is 10.4. The molecule has 0 aliphatic rings. The van der Waals surface area contributed by atoms with Crippen LogP contribution in [-0.4, -0.2) is 32.0 Å². The Hall–Kier alpha value is -1.42. The predicted octanol–water partition coefficient (Wildman–Crippen LogP) is 3.48. The fourth-order valence-electron chi connectivity index (χ4n) is 2.05. The zero-order valence-corrected chi connectivity index (χ0v) is 14.1. The highest BCUT2D eigenvalue weighted by molar-refractivity contribution is 6.17. The quantitative estimate of drug-likeness (QED) is 0.818. The lowest BCUT2D eigenvalue weighted by atomic mass is 9.85. The van der Waals surface area contributed by atoms with Gasteiger partial charge in [0.05, 0.1) is 14.2 Å². The van der Waals surface area contributed by atoms with Crippen molar-refractivity contribution >= 4 is 17.5 Å². The fraction of sp³-hybridized carbons (Fsp3) is 0.562.